The summed E-state index contributed by atoms with van der Waals surface area (Å²) in [7, 11) is 0. The maximum absolute atomic E-state index is 5.86. The monoisotopic (exact) mass is 335 g/mol. The Labute approximate surface area is 146 Å². The van der Waals surface area contributed by atoms with Crippen LogP contribution in [0.4, 0.5) is 5.82 Å². The van der Waals surface area contributed by atoms with Crippen LogP contribution in [0.15, 0.2) is 59.3 Å². The molecule has 6 heteroatoms. The van der Waals surface area contributed by atoms with Gasteiger partial charge in [0.15, 0.2) is 11.6 Å². The zero-order valence-corrected chi connectivity index (χ0v) is 14.0. The summed E-state index contributed by atoms with van der Waals surface area (Å²) in [5, 5.41) is 11.7. The second kappa shape index (κ2) is 7.44. The lowest BCUT2D eigenvalue weighted by atomic mass is 10.1. The van der Waals surface area contributed by atoms with E-state index in [0.717, 1.165) is 49.0 Å². The lowest BCUT2D eigenvalue weighted by Crippen LogP contribution is -2.45. The van der Waals surface area contributed by atoms with Gasteiger partial charge in [-0.15, -0.1) is 5.10 Å². The zero-order valence-electron chi connectivity index (χ0n) is 14.0. The van der Waals surface area contributed by atoms with Gasteiger partial charge in [0.25, 0.3) is 0 Å². The molecular formula is C19H21N5O. The highest BCUT2D eigenvalue weighted by Gasteiger charge is 2.21. The van der Waals surface area contributed by atoms with Crippen LogP contribution in [0.25, 0.3) is 11.3 Å². The topological polar surface area (TPSA) is 67.1 Å². The van der Waals surface area contributed by atoms with Gasteiger partial charge in [0.1, 0.15) is 0 Å². The number of anilines is 1. The number of aromatic nitrogens is 3. The predicted molar refractivity (Wildman–Crippen MR) is 96.0 cm³/mol. The van der Waals surface area contributed by atoms with Gasteiger partial charge >= 0.3 is 0 Å². The molecule has 128 valence electrons. The smallest absolute Gasteiger partial charge is 0.208 e. The van der Waals surface area contributed by atoms with E-state index < -0.39 is 0 Å². The molecule has 0 bridgehead atoms. The first-order chi connectivity index (χ1) is 12.4. The number of rotatable bonds is 5. The molecule has 0 amide bonds. The fraction of sp³-hybridized carbons (Fsp3) is 0.316. The van der Waals surface area contributed by atoms with Crippen LogP contribution in [0.5, 0.6) is 0 Å². The number of piperidine rings is 1. The molecule has 25 heavy (non-hydrogen) atoms. The minimum absolute atomic E-state index is 0.392. The third-order valence-electron chi connectivity index (χ3n) is 4.46. The van der Waals surface area contributed by atoms with Gasteiger partial charge in [-0.05, 0) is 25.0 Å². The van der Waals surface area contributed by atoms with Crippen LogP contribution in [0.2, 0.25) is 0 Å². The minimum Gasteiger partial charge on any atom is -0.439 e. The lowest BCUT2D eigenvalue weighted by Gasteiger charge is -2.33. The maximum atomic E-state index is 5.86. The second-order valence-electron chi connectivity index (χ2n) is 6.23. The van der Waals surface area contributed by atoms with E-state index in [-0.39, 0.29) is 0 Å². The van der Waals surface area contributed by atoms with Gasteiger partial charge in [-0.3, -0.25) is 0 Å². The molecule has 1 saturated heterocycles. The molecule has 6 nitrogen and oxygen atoms in total. The van der Waals surface area contributed by atoms with Gasteiger partial charge in [-0.2, -0.15) is 5.10 Å². The Kier molecular flexibility index (Phi) is 4.70. The van der Waals surface area contributed by atoms with E-state index in [4.69, 9.17) is 4.42 Å². The summed E-state index contributed by atoms with van der Waals surface area (Å²) in [4.78, 5) is 6.67. The third-order valence-corrected chi connectivity index (χ3v) is 4.46. The van der Waals surface area contributed by atoms with Crippen LogP contribution in [0.1, 0.15) is 18.7 Å². The van der Waals surface area contributed by atoms with Crippen LogP contribution in [0, 0.1) is 0 Å². The van der Waals surface area contributed by atoms with E-state index in [0.29, 0.717) is 12.6 Å². The van der Waals surface area contributed by atoms with Crippen LogP contribution in [-0.4, -0.2) is 34.3 Å². The molecule has 1 aliphatic heterocycles. The van der Waals surface area contributed by atoms with Crippen molar-refractivity contribution in [2.75, 3.05) is 18.0 Å². The van der Waals surface area contributed by atoms with Crippen molar-refractivity contribution < 1.29 is 4.42 Å². The van der Waals surface area contributed by atoms with Gasteiger partial charge < -0.3 is 14.6 Å². The van der Waals surface area contributed by atoms with E-state index in [2.05, 4.69) is 25.4 Å². The molecule has 3 aromatic rings. The minimum atomic E-state index is 0.392. The van der Waals surface area contributed by atoms with Crippen molar-refractivity contribution in [2.24, 2.45) is 0 Å². The highest BCUT2D eigenvalue weighted by atomic mass is 16.4. The van der Waals surface area contributed by atoms with Gasteiger partial charge in [-0.25, -0.2) is 4.98 Å². The van der Waals surface area contributed by atoms with Crippen LogP contribution >= 0.6 is 0 Å². The second-order valence-corrected chi connectivity index (χ2v) is 6.23. The Hall–Kier alpha value is -2.73. The molecular weight excluding hydrogens is 314 g/mol. The average molecular weight is 335 g/mol. The maximum Gasteiger partial charge on any atom is 0.208 e. The molecule has 0 aliphatic carbocycles. The molecule has 1 atom stereocenters. The molecule has 2 aromatic heterocycles. The largest absolute Gasteiger partial charge is 0.439 e. The van der Waals surface area contributed by atoms with Crippen molar-refractivity contribution >= 4 is 5.82 Å². The standard InChI is InChI=1S/C19H21N5O/c1-2-6-15(7-3-1)17-12-21-19(25-17)13-20-16-8-5-11-24(14-16)18-9-4-10-22-23-18/h1-4,6-7,9-10,12,16,20H,5,8,11,13-14H2/t16-/m0/s1. The first kappa shape index (κ1) is 15.8. The van der Waals surface area contributed by atoms with Crippen molar-refractivity contribution in [1.82, 2.24) is 20.5 Å². The fourth-order valence-corrected chi connectivity index (χ4v) is 3.17. The van der Waals surface area contributed by atoms with Crippen molar-refractivity contribution in [1.29, 1.82) is 0 Å². The summed E-state index contributed by atoms with van der Waals surface area (Å²) in [6, 6.07) is 14.4. The highest BCUT2D eigenvalue weighted by Crippen LogP contribution is 2.20. The normalized spacial score (nSPS) is 17.6. The van der Waals surface area contributed by atoms with Gasteiger partial charge in [-0.1, -0.05) is 30.3 Å². The average Bonchev–Trinajstić information content (AvgIpc) is 3.17. The van der Waals surface area contributed by atoms with E-state index in [9.17, 15) is 0 Å². The quantitative estimate of drug-likeness (QED) is 0.773. The van der Waals surface area contributed by atoms with E-state index in [1.54, 1.807) is 12.4 Å². The van der Waals surface area contributed by atoms with Gasteiger partial charge in [0, 0.05) is 30.9 Å². The first-order valence-corrected chi connectivity index (χ1v) is 8.64. The van der Waals surface area contributed by atoms with Crippen LogP contribution in [-0.2, 0) is 6.54 Å². The summed E-state index contributed by atoms with van der Waals surface area (Å²) >= 11 is 0. The van der Waals surface area contributed by atoms with Crippen molar-refractivity contribution in [3.8, 4) is 11.3 Å². The summed E-state index contributed by atoms with van der Waals surface area (Å²) in [6.07, 6.45) is 5.77. The van der Waals surface area contributed by atoms with E-state index >= 15 is 0 Å². The van der Waals surface area contributed by atoms with Crippen molar-refractivity contribution in [2.45, 2.75) is 25.4 Å². The van der Waals surface area contributed by atoms with Crippen molar-refractivity contribution in [3.63, 3.8) is 0 Å². The Bertz CT molecular complexity index is 790. The molecule has 0 radical (unpaired) electrons. The summed E-state index contributed by atoms with van der Waals surface area (Å²) in [5.74, 6) is 2.47. The zero-order chi connectivity index (χ0) is 16.9. The summed E-state index contributed by atoms with van der Waals surface area (Å²) < 4.78 is 5.86. The predicted octanol–water partition coefficient (Wildman–Crippen LogP) is 2.89. The third kappa shape index (κ3) is 3.85. The Balaban J connectivity index is 1.35. The molecule has 4 rings (SSSR count). The highest BCUT2D eigenvalue weighted by molar-refractivity contribution is 5.55. The van der Waals surface area contributed by atoms with E-state index in [1.807, 2.05) is 42.5 Å². The fourth-order valence-electron chi connectivity index (χ4n) is 3.17. The summed E-state index contributed by atoms with van der Waals surface area (Å²) in [6.45, 7) is 2.57. The lowest BCUT2D eigenvalue weighted by molar-refractivity contribution is 0.390. The van der Waals surface area contributed by atoms with E-state index in [1.165, 1.54) is 0 Å². The number of benzene rings is 1. The van der Waals surface area contributed by atoms with Crippen LogP contribution in [0.3, 0.4) is 0 Å². The Morgan fingerprint density at radius 2 is 2.08 bits per heavy atom. The van der Waals surface area contributed by atoms with Gasteiger partial charge in [0.05, 0.1) is 12.7 Å². The van der Waals surface area contributed by atoms with Gasteiger partial charge in [0.2, 0.25) is 5.89 Å². The molecule has 0 spiro atoms. The molecule has 1 N–H and O–H groups in total. The molecule has 3 heterocycles. The number of nitrogens with one attached hydrogen (secondary N) is 1. The molecule has 1 aromatic carbocycles. The number of hydrogen-bond acceptors (Lipinski definition) is 6. The number of oxazole rings is 1. The molecule has 0 unspecified atom stereocenters. The SMILES string of the molecule is c1ccc(-c2cnc(CN[C@H]3CCCN(c4cccnn4)C3)o2)cc1. The number of nitrogens with zero attached hydrogens (tertiary/aromatic N) is 4. The van der Waals surface area contributed by atoms with Crippen molar-refractivity contribution in [3.05, 3.63) is 60.7 Å². The molecule has 1 aliphatic rings. The Morgan fingerprint density at radius 1 is 1.16 bits per heavy atom. The molecule has 1 fully saturated rings. The van der Waals surface area contributed by atoms with Crippen LogP contribution < -0.4 is 10.2 Å². The summed E-state index contributed by atoms with van der Waals surface area (Å²) in [5.41, 5.74) is 1.05. The molecule has 0 saturated carbocycles. The first-order valence-electron chi connectivity index (χ1n) is 8.64. The number of hydrogen-bond donors (Lipinski definition) is 1. The Morgan fingerprint density at radius 3 is 2.92 bits per heavy atom.